The van der Waals surface area contributed by atoms with Crippen molar-refractivity contribution in [2.24, 2.45) is 0 Å². The lowest BCUT2D eigenvalue weighted by Gasteiger charge is -2.10. The second kappa shape index (κ2) is 14.8. The van der Waals surface area contributed by atoms with Crippen molar-refractivity contribution in [2.45, 2.75) is 84.0 Å². The molecule has 0 radical (unpaired) electrons. The van der Waals surface area contributed by atoms with Gasteiger partial charge in [0.15, 0.2) is 0 Å². The Balaban J connectivity index is 3.11. The number of unbranched alkanes of at least 4 members (excludes halogenated alkanes) is 10. The number of hydrogen-bond donors (Lipinski definition) is 0. The summed E-state index contributed by atoms with van der Waals surface area (Å²) in [6.45, 7) is 2.66. The van der Waals surface area contributed by atoms with Crippen molar-refractivity contribution in [2.75, 3.05) is 20.8 Å². The van der Waals surface area contributed by atoms with E-state index in [2.05, 4.69) is 6.92 Å². The van der Waals surface area contributed by atoms with Crippen LogP contribution in [0.25, 0.3) is 0 Å². The van der Waals surface area contributed by atoms with Crippen LogP contribution < -0.4 is 0 Å². The van der Waals surface area contributed by atoms with E-state index in [0.717, 1.165) is 12.8 Å². The van der Waals surface area contributed by atoms with E-state index >= 15 is 0 Å². The zero-order valence-electron chi connectivity index (χ0n) is 14.0. The van der Waals surface area contributed by atoms with Crippen molar-refractivity contribution in [3.63, 3.8) is 0 Å². The SMILES string of the molecule is CCCCCCCCCCCCCC(=O)OCN(C)C. The van der Waals surface area contributed by atoms with Gasteiger partial charge in [0.05, 0.1) is 0 Å². The summed E-state index contributed by atoms with van der Waals surface area (Å²) in [6, 6.07) is 0. The molecular weight excluding hydrogens is 250 g/mol. The molecule has 0 aliphatic rings. The summed E-state index contributed by atoms with van der Waals surface area (Å²) in [7, 11) is 3.80. The zero-order chi connectivity index (χ0) is 15.1. The van der Waals surface area contributed by atoms with Gasteiger partial charge >= 0.3 is 5.97 Å². The van der Waals surface area contributed by atoms with Gasteiger partial charge in [0.1, 0.15) is 6.73 Å². The van der Waals surface area contributed by atoms with Crippen LogP contribution in [0, 0.1) is 0 Å². The van der Waals surface area contributed by atoms with E-state index < -0.39 is 0 Å². The van der Waals surface area contributed by atoms with Gasteiger partial charge in [0.25, 0.3) is 0 Å². The van der Waals surface area contributed by atoms with Crippen LogP contribution in [-0.2, 0) is 9.53 Å². The Morgan fingerprint density at radius 1 is 0.800 bits per heavy atom. The molecule has 0 N–H and O–H groups in total. The first-order valence-corrected chi connectivity index (χ1v) is 8.47. The summed E-state index contributed by atoms with van der Waals surface area (Å²) in [5.74, 6) is -0.0605. The number of esters is 1. The van der Waals surface area contributed by atoms with Gasteiger partial charge < -0.3 is 4.74 Å². The molecule has 0 aromatic heterocycles. The predicted molar refractivity (Wildman–Crippen MR) is 85.7 cm³/mol. The van der Waals surface area contributed by atoms with E-state index in [1.807, 2.05) is 19.0 Å². The predicted octanol–water partition coefficient (Wildman–Crippen LogP) is 4.75. The van der Waals surface area contributed by atoms with Crippen molar-refractivity contribution in [1.29, 1.82) is 0 Å². The van der Waals surface area contributed by atoms with Crippen LogP contribution >= 0.6 is 0 Å². The first-order valence-electron chi connectivity index (χ1n) is 8.47. The number of carbonyl (C=O) groups is 1. The van der Waals surface area contributed by atoms with Crippen LogP contribution in [0.5, 0.6) is 0 Å². The average molecular weight is 285 g/mol. The van der Waals surface area contributed by atoms with Gasteiger partial charge in [0.2, 0.25) is 0 Å². The Morgan fingerprint density at radius 2 is 1.25 bits per heavy atom. The first-order chi connectivity index (χ1) is 9.66. The molecular formula is C17H35NO2. The van der Waals surface area contributed by atoms with Crippen molar-refractivity contribution in [3.05, 3.63) is 0 Å². The number of rotatable bonds is 14. The molecule has 0 atom stereocenters. The summed E-state index contributed by atoms with van der Waals surface area (Å²) < 4.78 is 5.08. The molecule has 0 saturated heterocycles. The highest BCUT2D eigenvalue weighted by atomic mass is 16.5. The highest BCUT2D eigenvalue weighted by molar-refractivity contribution is 5.69. The molecule has 3 heteroatoms. The lowest BCUT2D eigenvalue weighted by molar-refractivity contribution is -0.147. The molecule has 0 bridgehead atoms. The Kier molecular flexibility index (Phi) is 14.4. The Bertz CT molecular complexity index is 217. The largest absolute Gasteiger partial charge is 0.450 e. The molecule has 0 amide bonds. The summed E-state index contributed by atoms with van der Waals surface area (Å²) >= 11 is 0. The quantitative estimate of drug-likeness (QED) is 0.262. The Hall–Kier alpha value is -0.570. The van der Waals surface area contributed by atoms with Crippen LogP contribution in [0.1, 0.15) is 84.0 Å². The molecule has 0 aromatic rings. The molecule has 0 aromatic carbocycles. The minimum atomic E-state index is -0.0605. The number of ether oxygens (including phenoxy) is 1. The lowest BCUT2D eigenvalue weighted by atomic mass is 10.1. The average Bonchev–Trinajstić information content (AvgIpc) is 2.42. The Labute approximate surface area is 126 Å². The third kappa shape index (κ3) is 15.5. The minimum absolute atomic E-state index is 0.0605. The van der Waals surface area contributed by atoms with Gasteiger partial charge in [-0.25, -0.2) is 0 Å². The molecule has 0 rings (SSSR count). The third-order valence-electron chi connectivity index (χ3n) is 3.47. The van der Waals surface area contributed by atoms with Gasteiger partial charge in [0, 0.05) is 6.42 Å². The van der Waals surface area contributed by atoms with Gasteiger partial charge in [-0.1, -0.05) is 71.1 Å². The smallest absolute Gasteiger partial charge is 0.307 e. The normalized spacial score (nSPS) is 11.0. The van der Waals surface area contributed by atoms with Crippen molar-refractivity contribution < 1.29 is 9.53 Å². The Morgan fingerprint density at radius 3 is 1.70 bits per heavy atom. The van der Waals surface area contributed by atoms with Crippen LogP contribution in [0.15, 0.2) is 0 Å². The zero-order valence-corrected chi connectivity index (χ0v) is 14.0. The minimum Gasteiger partial charge on any atom is -0.450 e. The van der Waals surface area contributed by atoms with E-state index in [-0.39, 0.29) is 5.97 Å². The fourth-order valence-corrected chi connectivity index (χ4v) is 2.21. The summed E-state index contributed by atoms with van der Waals surface area (Å²) in [4.78, 5) is 13.2. The van der Waals surface area contributed by atoms with Gasteiger partial charge in [-0.15, -0.1) is 0 Å². The highest BCUT2D eigenvalue weighted by Gasteiger charge is 2.02. The van der Waals surface area contributed by atoms with Crippen LogP contribution in [0.3, 0.4) is 0 Å². The van der Waals surface area contributed by atoms with E-state index in [9.17, 15) is 4.79 Å². The maximum Gasteiger partial charge on any atom is 0.307 e. The number of nitrogens with zero attached hydrogens (tertiary/aromatic N) is 1. The molecule has 3 nitrogen and oxygen atoms in total. The third-order valence-corrected chi connectivity index (χ3v) is 3.47. The van der Waals surface area contributed by atoms with E-state index in [1.165, 1.54) is 57.8 Å². The molecule has 0 aliphatic heterocycles. The molecule has 20 heavy (non-hydrogen) atoms. The van der Waals surface area contributed by atoms with Crippen LogP contribution in [0.4, 0.5) is 0 Å². The van der Waals surface area contributed by atoms with Crippen molar-refractivity contribution >= 4 is 5.97 Å². The maximum atomic E-state index is 11.4. The van der Waals surface area contributed by atoms with E-state index in [0.29, 0.717) is 13.2 Å². The summed E-state index contributed by atoms with van der Waals surface area (Å²) in [5, 5.41) is 0. The molecule has 0 heterocycles. The summed E-state index contributed by atoms with van der Waals surface area (Å²) in [5.41, 5.74) is 0. The summed E-state index contributed by atoms with van der Waals surface area (Å²) in [6.07, 6.45) is 15.0. The van der Waals surface area contributed by atoms with Crippen LogP contribution in [-0.4, -0.2) is 31.7 Å². The van der Waals surface area contributed by atoms with E-state index in [4.69, 9.17) is 4.74 Å². The van der Waals surface area contributed by atoms with E-state index in [1.54, 1.807) is 0 Å². The molecule has 0 fully saturated rings. The monoisotopic (exact) mass is 285 g/mol. The number of hydrogen-bond acceptors (Lipinski definition) is 3. The molecule has 0 unspecified atom stereocenters. The van der Waals surface area contributed by atoms with Gasteiger partial charge in [-0.2, -0.15) is 0 Å². The maximum absolute atomic E-state index is 11.4. The van der Waals surface area contributed by atoms with Gasteiger partial charge in [-0.3, -0.25) is 9.69 Å². The fourth-order valence-electron chi connectivity index (χ4n) is 2.21. The van der Waals surface area contributed by atoms with Crippen LogP contribution in [0.2, 0.25) is 0 Å². The first kappa shape index (κ1) is 19.4. The highest BCUT2D eigenvalue weighted by Crippen LogP contribution is 2.12. The van der Waals surface area contributed by atoms with Crippen molar-refractivity contribution in [3.8, 4) is 0 Å². The van der Waals surface area contributed by atoms with Gasteiger partial charge in [-0.05, 0) is 20.5 Å². The topological polar surface area (TPSA) is 29.5 Å². The standard InChI is InChI=1S/C17H35NO2/c1-4-5-6-7-8-9-10-11-12-13-14-15-17(19)20-16-18(2)3/h4-16H2,1-3H3. The second-order valence-corrected chi connectivity index (χ2v) is 6.01. The molecule has 120 valence electrons. The lowest BCUT2D eigenvalue weighted by Crippen LogP contribution is -2.19. The number of carbonyl (C=O) groups excluding carboxylic acids is 1. The molecule has 0 spiro atoms. The van der Waals surface area contributed by atoms with Crippen molar-refractivity contribution in [1.82, 2.24) is 4.90 Å². The molecule has 0 aliphatic carbocycles. The second-order valence-electron chi connectivity index (χ2n) is 6.01. The molecule has 0 saturated carbocycles. The fraction of sp³-hybridized carbons (Fsp3) is 0.941.